The number of methoxy groups -OCH3 is 1. The molecule has 1 saturated carbocycles. The summed E-state index contributed by atoms with van der Waals surface area (Å²) in [6.45, 7) is 2.56. The Morgan fingerprint density at radius 1 is 1.42 bits per heavy atom. The van der Waals surface area contributed by atoms with Crippen molar-refractivity contribution in [3.63, 3.8) is 0 Å². The van der Waals surface area contributed by atoms with Crippen LogP contribution in [0.5, 0.6) is 0 Å². The van der Waals surface area contributed by atoms with Crippen LogP contribution >= 0.6 is 0 Å². The molecule has 5 heteroatoms. The average Bonchev–Trinajstić information content (AvgIpc) is 2.41. The number of aliphatic hydroxyl groups excluding tert-OH is 1. The van der Waals surface area contributed by atoms with Gasteiger partial charge in [-0.2, -0.15) is 0 Å². The van der Waals surface area contributed by atoms with E-state index in [4.69, 9.17) is 14.2 Å². The first-order valence-electron chi connectivity index (χ1n) is 7.10. The highest BCUT2D eigenvalue weighted by atomic mass is 16.7. The summed E-state index contributed by atoms with van der Waals surface area (Å²) in [7, 11) is 1.41. The molecule has 19 heavy (non-hydrogen) atoms. The number of esters is 1. The summed E-state index contributed by atoms with van der Waals surface area (Å²) >= 11 is 0. The van der Waals surface area contributed by atoms with Crippen LogP contribution in [0.1, 0.15) is 39.0 Å². The first kappa shape index (κ1) is 13.3. The van der Waals surface area contributed by atoms with Crippen LogP contribution in [-0.2, 0) is 19.0 Å². The second-order valence-electron chi connectivity index (χ2n) is 6.21. The molecule has 0 amide bonds. The molecule has 0 radical (unpaired) electrons. The van der Waals surface area contributed by atoms with Gasteiger partial charge >= 0.3 is 5.97 Å². The van der Waals surface area contributed by atoms with E-state index in [9.17, 15) is 9.90 Å². The third-order valence-electron chi connectivity index (χ3n) is 5.27. The molecule has 2 saturated heterocycles. The maximum Gasteiger partial charge on any atom is 0.311 e. The number of carbonyl (C=O) groups is 1. The van der Waals surface area contributed by atoms with Gasteiger partial charge in [0.25, 0.3) is 0 Å². The molecule has 3 aliphatic rings. The van der Waals surface area contributed by atoms with Crippen molar-refractivity contribution in [1.82, 2.24) is 0 Å². The van der Waals surface area contributed by atoms with Crippen LogP contribution in [0.25, 0.3) is 0 Å². The Morgan fingerprint density at radius 3 is 2.95 bits per heavy atom. The minimum atomic E-state index is -0.710. The highest BCUT2D eigenvalue weighted by Gasteiger charge is 2.64. The minimum Gasteiger partial charge on any atom is -0.469 e. The van der Waals surface area contributed by atoms with Crippen molar-refractivity contribution in [2.75, 3.05) is 13.7 Å². The number of hydrogen-bond acceptors (Lipinski definition) is 5. The first-order valence-corrected chi connectivity index (χ1v) is 7.10. The Labute approximate surface area is 113 Å². The molecule has 0 aromatic heterocycles. The fourth-order valence-corrected chi connectivity index (χ4v) is 4.04. The van der Waals surface area contributed by atoms with Crippen LogP contribution in [0, 0.1) is 11.3 Å². The molecule has 1 spiro atoms. The van der Waals surface area contributed by atoms with E-state index in [2.05, 4.69) is 0 Å². The normalized spacial score (nSPS) is 49.3. The molecule has 0 aromatic carbocycles. The van der Waals surface area contributed by atoms with Gasteiger partial charge in [0.1, 0.15) is 0 Å². The Bertz CT molecular complexity index is 380. The van der Waals surface area contributed by atoms with E-state index < -0.39 is 17.3 Å². The quantitative estimate of drug-likeness (QED) is 0.726. The van der Waals surface area contributed by atoms with E-state index in [0.29, 0.717) is 19.4 Å². The molecule has 3 rings (SSSR count). The molecule has 2 heterocycles. The van der Waals surface area contributed by atoms with Crippen molar-refractivity contribution >= 4 is 5.97 Å². The van der Waals surface area contributed by atoms with Gasteiger partial charge in [0, 0.05) is 11.8 Å². The lowest BCUT2D eigenvalue weighted by molar-refractivity contribution is -0.398. The summed E-state index contributed by atoms with van der Waals surface area (Å²) in [5.41, 5.74) is -0.527. The van der Waals surface area contributed by atoms with Crippen molar-refractivity contribution in [3.8, 4) is 0 Å². The third-order valence-corrected chi connectivity index (χ3v) is 5.27. The van der Waals surface area contributed by atoms with Crippen LogP contribution in [0.15, 0.2) is 0 Å². The molecule has 0 aromatic rings. The molecular formula is C14H22O5. The van der Waals surface area contributed by atoms with Crippen molar-refractivity contribution in [2.24, 2.45) is 11.3 Å². The lowest BCUT2D eigenvalue weighted by Crippen LogP contribution is -2.68. The second-order valence-corrected chi connectivity index (χ2v) is 6.21. The van der Waals surface area contributed by atoms with E-state index in [-0.39, 0.29) is 18.0 Å². The number of ether oxygens (including phenoxy) is 3. The largest absolute Gasteiger partial charge is 0.469 e. The van der Waals surface area contributed by atoms with Crippen molar-refractivity contribution in [3.05, 3.63) is 0 Å². The van der Waals surface area contributed by atoms with Crippen LogP contribution < -0.4 is 0 Å². The topological polar surface area (TPSA) is 65.0 Å². The summed E-state index contributed by atoms with van der Waals surface area (Å²) in [6, 6.07) is 0. The predicted molar refractivity (Wildman–Crippen MR) is 66.3 cm³/mol. The van der Waals surface area contributed by atoms with Crippen molar-refractivity contribution in [1.29, 1.82) is 0 Å². The number of fused-ring (bicyclic) bond motifs is 1. The smallest absolute Gasteiger partial charge is 0.311 e. The third kappa shape index (κ3) is 1.75. The summed E-state index contributed by atoms with van der Waals surface area (Å²) in [5.74, 6) is -1.24. The number of hydrogen-bond donors (Lipinski definition) is 1. The highest BCUT2D eigenvalue weighted by molar-refractivity contribution is 5.73. The van der Waals surface area contributed by atoms with Gasteiger partial charge in [-0.05, 0) is 25.7 Å². The molecule has 1 N–H and O–H groups in total. The van der Waals surface area contributed by atoms with Gasteiger partial charge in [-0.3, -0.25) is 4.79 Å². The summed E-state index contributed by atoms with van der Waals surface area (Å²) < 4.78 is 17.0. The molecule has 5 nitrogen and oxygen atoms in total. The van der Waals surface area contributed by atoms with E-state index in [0.717, 1.165) is 19.3 Å². The Kier molecular flexibility index (Phi) is 3.11. The van der Waals surface area contributed by atoms with Gasteiger partial charge in [-0.25, -0.2) is 0 Å². The number of carbonyl (C=O) groups excluding carboxylic acids is 1. The molecule has 3 fully saturated rings. The maximum absolute atomic E-state index is 12.0. The van der Waals surface area contributed by atoms with Gasteiger partial charge in [0.15, 0.2) is 5.79 Å². The Hall–Kier alpha value is -0.650. The standard InChI is InChI=1S/C14H22O5/c1-13-8-9(12(16)17-2)10-5-7-18-14(13,19-10)6-3-4-11(13)15/h9-11,15H,3-8H2,1-2H3. The Morgan fingerprint density at radius 2 is 2.21 bits per heavy atom. The van der Waals surface area contributed by atoms with Crippen LogP contribution in [0.3, 0.4) is 0 Å². The maximum atomic E-state index is 12.0. The zero-order valence-electron chi connectivity index (χ0n) is 11.6. The molecule has 2 aliphatic heterocycles. The van der Waals surface area contributed by atoms with E-state index in [1.54, 1.807) is 0 Å². The van der Waals surface area contributed by atoms with Crippen molar-refractivity contribution in [2.45, 2.75) is 57.0 Å². The fourth-order valence-electron chi connectivity index (χ4n) is 4.04. The predicted octanol–water partition coefficient (Wildman–Crippen LogP) is 1.23. The summed E-state index contributed by atoms with van der Waals surface area (Å²) in [4.78, 5) is 12.0. The van der Waals surface area contributed by atoms with Gasteiger partial charge in [0.05, 0.1) is 31.8 Å². The zero-order chi connectivity index (χ0) is 13.7. The number of aliphatic hydroxyl groups is 1. The monoisotopic (exact) mass is 270 g/mol. The fraction of sp³-hybridized carbons (Fsp3) is 0.929. The van der Waals surface area contributed by atoms with Crippen molar-refractivity contribution < 1.29 is 24.1 Å². The lowest BCUT2D eigenvalue weighted by atomic mass is 9.61. The van der Waals surface area contributed by atoms with Gasteiger partial charge in [0.2, 0.25) is 0 Å². The molecule has 5 atom stereocenters. The highest BCUT2D eigenvalue weighted by Crippen LogP contribution is 2.57. The number of rotatable bonds is 1. The van der Waals surface area contributed by atoms with E-state index >= 15 is 0 Å². The molecule has 2 bridgehead atoms. The lowest BCUT2D eigenvalue weighted by Gasteiger charge is -2.61. The summed E-state index contributed by atoms with van der Waals surface area (Å²) in [5, 5.41) is 10.4. The van der Waals surface area contributed by atoms with E-state index in [1.165, 1.54) is 7.11 Å². The average molecular weight is 270 g/mol. The van der Waals surface area contributed by atoms with E-state index in [1.807, 2.05) is 6.92 Å². The molecule has 108 valence electrons. The zero-order valence-corrected chi connectivity index (χ0v) is 11.6. The molecule has 5 unspecified atom stereocenters. The van der Waals surface area contributed by atoms with Gasteiger partial charge in [-0.15, -0.1) is 0 Å². The first-order chi connectivity index (χ1) is 9.02. The SMILES string of the molecule is COC(=O)C1CC2(C)C(O)CCCC23OCCC1O3. The van der Waals surface area contributed by atoms with Crippen LogP contribution in [0.2, 0.25) is 0 Å². The molecular weight excluding hydrogens is 248 g/mol. The van der Waals surface area contributed by atoms with Gasteiger partial charge in [-0.1, -0.05) is 6.92 Å². The van der Waals surface area contributed by atoms with Crippen LogP contribution in [0.4, 0.5) is 0 Å². The summed E-state index contributed by atoms with van der Waals surface area (Å²) in [6.07, 6.45) is 3.09. The Balaban J connectivity index is 1.96. The van der Waals surface area contributed by atoms with Gasteiger partial charge < -0.3 is 19.3 Å². The van der Waals surface area contributed by atoms with Crippen LogP contribution in [-0.4, -0.2) is 42.8 Å². The second kappa shape index (κ2) is 4.43. The minimum absolute atomic E-state index is 0.139. The molecule has 1 aliphatic carbocycles.